The van der Waals surface area contributed by atoms with Crippen molar-refractivity contribution < 1.29 is 4.92 Å². The smallest absolute Gasteiger partial charge is 0.266 e. The maximum absolute atomic E-state index is 12.3. The lowest BCUT2D eigenvalue weighted by molar-refractivity contribution is -0.380. The molecule has 2 aromatic heterocycles. The van der Waals surface area contributed by atoms with Gasteiger partial charge in [-0.25, -0.2) is 4.68 Å². The van der Waals surface area contributed by atoms with Gasteiger partial charge in [0.2, 0.25) is 0 Å². The number of nitro groups is 1. The summed E-state index contributed by atoms with van der Waals surface area (Å²) >= 11 is 1.00. The van der Waals surface area contributed by atoms with E-state index in [-0.39, 0.29) is 17.1 Å². The summed E-state index contributed by atoms with van der Waals surface area (Å²) in [6, 6.07) is 3.38. The van der Waals surface area contributed by atoms with Crippen LogP contribution in [-0.4, -0.2) is 14.7 Å². The van der Waals surface area contributed by atoms with Crippen molar-refractivity contribution in [2.45, 2.75) is 33.2 Å². The third-order valence-corrected chi connectivity index (χ3v) is 4.22. The molecule has 0 unspecified atom stereocenters. The van der Waals surface area contributed by atoms with Crippen LogP contribution in [0.1, 0.15) is 36.2 Å². The summed E-state index contributed by atoms with van der Waals surface area (Å²) in [7, 11) is 0. The molecular weight excluding hydrogens is 304 g/mol. The second-order valence-electron chi connectivity index (χ2n) is 4.63. The third kappa shape index (κ3) is 2.89. The van der Waals surface area contributed by atoms with Crippen LogP contribution in [0.2, 0.25) is 0 Å². The lowest BCUT2D eigenvalue weighted by Gasteiger charge is -2.11. The van der Waals surface area contributed by atoms with Gasteiger partial charge in [-0.3, -0.25) is 14.9 Å². The number of thiophene rings is 1. The Labute approximate surface area is 130 Å². The zero-order chi connectivity index (χ0) is 16.3. The van der Waals surface area contributed by atoms with Crippen LogP contribution in [0.4, 0.5) is 5.00 Å². The van der Waals surface area contributed by atoms with E-state index in [4.69, 9.17) is 0 Å². The number of hydrogen-bond donors (Lipinski definition) is 0. The Morgan fingerprint density at radius 2 is 2.18 bits per heavy atom. The van der Waals surface area contributed by atoms with Gasteiger partial charge in [0, 0.05) is 11.4 Å². The molecule has 0 aliphatic carbocycles. The zero-order valence-electron chi connectivity index (χ0n) is 12.2. The molecule has 2 aromatic rings. The van der Waals surface area contributed by atoms with Crippen LogP contribution in [0.3, 0.4) is 0 Å². The van der Waals surface area contributed by atoms with Crippen molar-refractivity contribution in [3.63, 3.8) is 0 Å². The van der Waals surface area contributed by atoms with Gasteiger partial charge < -0.3 is 0 Å². The van der Waals surface area contributed by atoms with E-state index < -0.39 is 10.5 Å². The fraction of sp³-hybridized carbons (Fsp3) is 0.357. The number of rotatable bonds is 5. The van der Waals surface area contributed by atoms with Crippen molar-refractivity contribution in [3.8, 4) is 6.07 Å². The van der Waals surface area contributed by atoms with Crippen molar-refractivity contribution in [2.24, 2.45) is 0 Å². The molecule has 0 aromatic carbocycles. The van der Waals surface area contributed by atoms with Gasteiger partial charge >= 0.3 is 5.00 Å². The highest BCUT2D eigenvalue weighted by Crippen LogP contribution is 2.23. The number of nitrogens with zero attached hydrogens (tertiary/aromatic N) is 4. The summed E-state index contributed by atoms with van der Waals surface area (Å²) in [5.74, 6) is 0. The fourth-order valence-corrected chi connectivity index (χ4v) is 2.98. The second-order valence-corrected chi connectivity index (χ2v) is 5.52. The maximum atomic E-state index is 12.3. The highest BCUT2D eigenvalue weighted by atomic mass is 32.1. The predicted molar refractivity (Wildman–Crippen MR) is 82.0 cm³/mol. The molecule has 8 heteroatoms. The number of nitriles is 1. The molecule has 114 valence electrons. The van der Waals surface area contributed by atoms with Gasteiger partial charge in [0.15, 0.2) is 0 Å². The second kappa shape index (κ2) is 6.49. The van der Waals surface area contributed by atoms with Crippen molar-refractivity contribution in [3.05, 3.63) is 54.3 Å². The number of hydrogen-bond acceptors (Lipinski definition) is 6. The van der Waals surface area contributed by atoms with E-state index in [0.717, 1.165) is 11.3 Å². The first-order chi connectivity index (χ1) is 10.5. The van der Waals surface area contributed by atoms with Crippen molar-refractivity contribution in [1.82, 2.24) is 9.78 Å². The Hall–Kier alpha value is -2.53. The first kappa shape index (κ1) is 15.9. The minimum Gasteiger partial charge on any atom is -0.266 e. The molecule has 0 atom stereocenters. The first-order valence-corrected chi connectivity index (χ1v) is 7.64. The molecule has 0 spiro atoms. The molecule has 2 rings (SSSR count). The van der Waals surface area contributed by atoms with Gasteiger partial charge in [0.05, 0.1) is 17.2 Å². The fourth-order valence-electron chi connectivity index (χ4n) is 2.26. The standard InChI is InChI=1S/C14H14N4O3S/c1-3-10-11(6-15)14(19)17(16-12(10)4-2)7-9-5-13(18(20)21)22-8-9/h5,8H,3-4,7H2,1-2H3. The maximum Gasteiger partial charge on any atom is 0.324 e. The van der Waals surface area contributed by atoms with Crippen molar-refractivity contribution in [2.75, 3.05) is 0 Å². The van der Waals surface area contributed by atoms with E-state index in [9.17, 15) is 20.2 Å². The largest absolute Gasteiger partial charge is 0.324 e. The molecule has 0 bridgehead atoms. The van der Waals surface area contributed by atoms with Crippen LogP contribution < -0.4 is 5.56 Å². The average Bonchev–Trinajstić information content (AvgIpc) is 2.97. The Bertz CT molecular complexity index is 816. The topological polar surface area (TPSA) is 102 Å². The molecule has 2 heterocycles. The van der Waals surface area contributed by atoms with E-state index in [1.807, 2.05) is 19.9 Å². The van der Waals surface area contributed by atoms with Crippen LogP contribution in [0, 0.1) is 21.4 Å². The lowest BCUT2D eigenvalue weighted by atomic mass is 10.0. The van der Waals surface area contributed by atoms with E-state index >= 15 is 0 Å². The van der Waals surface area contributed by atoms with E-state index in [1.165, 1.54) is 10.7 Å². The van der Waals surface area contributed by atoms with Gasteiger partial charge in [0.1, 0.15) is 11.6 Å². The molecule has 0 radical (unpaired) electrons. The number of aryl methyl sites for hydroxylation is 1. The molecule has 0 aliphatic rings. The van der Waals surface area contributed by atoms with E-state index in [2.05, 4.69) is 5.10 Å². The van der Waals surface area contributed by atoms with E-state index in [1.54, 1.807) is 5.38 Å². The van der Waals surface area contributed by atoms with Gasteiger partial charge in [-0.1, -0.05) is 25.2 Å². The summed E-state index contributed by atoms with van der Waals surface area (Å²) in [6.07, 6.45) is 1.18. The minimum atomic E-state index is -0.470. The van der Waals surface area contributed by atoms with Gasteiger partial charge in [-0.05, 0) is 24.0 Å². The SMILES string of the molecule is CCc1nn(Cc2csc([N+](=O)[O-])c2)c(=O)c(C#N)c1CC. The zero-order valence-corrected chi connectivity index (χ0v) is 13.0. The lowest BCUT2D eigenvalue weighted by Crippen LogP contribution is -2.29. The molecule has 7 nitrogen and oxygen atoms in total. The third-order valence-electron chi connectivity index (χ3n) is 3.29. The van der Waals surface area contributed by atoms with Crippen LogP contribution in [0.25, 0.3) is 0 Å². The Kier molecular flexibility index (Phi) is 4.68. The van der Waals surface area contributed by atoms with E-state index in [0.29, 0.717) is 29.7 Å². The van der Waals surface area contributed by atoms with Crippen molar-refractivity contribution in [1.29, 1.82) is 5.26 Å². The molecule has 0 N–H and O–H groups in total. The monoisotopic (exact) mass is 318 g/mol. The Morgan fingerprint density at radius 1 is 1.45 bits per heavy atom. The Balaban J connectivity index is 2.49. The first-order valence-electron chi connectivity index (χ1n) is 6.76. The molecular formula is C14H14N4O3S. The number of aromatic nitrogens is 2. The van der Waals surface area contributed by atoms with Gasteiger partial charge in [-0.15, -0.1) is 0 Å². The Morgan fingerprint density at radius 3 is 2.68 bits per heavy atom. The molecule has 0 saturated carbocycles. The molecule has 22 heavy (non-hydrogen) atoms. The summed E-state index contributed by atoms with van der Waals surface area (Å²) in [5.41, 5.74) is 1.68. The summed E-state index contributed by atoms with van der Waals surface area (Å²) in [6.45, 7) is 3.91. The normalized spacial score (nSPS) is 10.4. The van der Waals surface area contributed by atoms with Crippen LogP contribution in [-0.2, 0) is 19.4 Å². The quantitative estimate of drug-likeness (QED) is 0.621. The molecule has 0 amide bonds. The highest BCUT2D eigenvalue weighted by Gasteiger charge is 2.16. The minimum absolute atomic E-state index is 0.0180. The van der Waals surface area contributed by atoms with Gasteiger partial charge in [-0.2, -0.15) is 10.4 Å². The average molecular weight is 318 g/mol. The van der Waals surface area contributed by atoms with Crippen LogP contribution in [0.5, 0.6) is 0 Å². The van der Waals surface area contributed by atoms with Crippen LogP contribution >= 0.6 is 11.3 Å². The van der Waals surface area contributed by atoms with Crippen LogP contribution in [0.15, 0.2) is 16.2 Å². The van der Waals surface area contributed by atoms with Gasteiger partial charge in [0.25, 0.3) is 5.56 Å². The summed E-state index contributed by atoms with van der Waals surface area (Å²) in [4.78, 5) is 22.6. The highest BCUT2D eigenvalue weighted by molar-refractivity contribution is 7.13. The molecule has 0 saturated heterocycles. The molecule has 0 aliphatic heterocycles. The summed E-state index contributed by atoms with van der Waals surface area (Å²) in [5, 5.41) is 25.9. The summed E-state index contributed by atoms with van der Waals surface area (Å²) < 4.78 is 1.21. The molecule has 0 fully saturated rings. The predicted octanol–water partition coefficient (Wildman–Crippen LogP) is 2.26. The van der Waals surface area contributed by atoms with Crippen molar-refractivity contribution >= 4 is 16.3 Å².